The molecule has 0 fully saturated rings. The van der Waals surface area contributed by atoms with Crippen LogP contribution in [-0.4, -0.2) is 15.8 Å². The van der Waals surface area contributed by atoms with Gasteiger partial charge in [0.25, 0.3) is 0 Å². The molecular weight excluding hydrogens is 383 g/mol. The molecule has 0 spiro atoms. The van der Waals surface area contributed by atoms with E-state index in [1.807, 2.05) is 6.07 Å². The van der Waals surface area contributed by atoms with Gasteiger partial charge in [0.2, 0.25) is 5.56 Å². The zero-order valence-electron chi connectivity index (χ0n) is 13.9. The van der Waals surface area contributed by atoms with Crippen molar-refractivity contribution in [1.29, 1.82) is 0 Å². The van der Waals surface area contributed by atoms with Crippen molar-refractivity contribution in [3.05, 3.63) is 98.4 Å². The number of hydrogen-bond donors (Lipinski definition) is 1. The SMILES string of the molecule is O=C(c1ccc(Cl)cc1)c1cnc2[nH]c(=O)cc(-c3cccc(Cl)c3)c2c1. The van der Waals surface area contributed by atoms with Gasteiger partial charge in [-0.2, -0.15) is 0 Å². The number of fused-ring (bicyclic) bond motifs is 1. The van der Waals surface area contributed by atoms with Crippen molar-refractivity contribution >= 4 is 40.0 Å². The molecule has 0 aliphatic carbocycles. The smallest absolute Gasteiger partial charge is 0.250 e. The summed E-state index contributed by atoms with van der Waals surface area (Å²) >= 11 is 12.0. The summed E-state index contributed by atoms with van der Waals surface area (Å²) in [6.07, 6.45) is 1.46. The van der Waals surface area contributed by atoms with Gasteiger partial charge >= 0.3 is 0 Å². The predicted octanol–water partition coefficient (Wildman–Crippen LogP) is 5.13. The van der Waals surface area contributed by atoms with E-state index in [1.165, 1.54) is 12.3 Å². The third kappa shape index (κ3) is 3.50. The molecule has 4 rings (SSSR count). The number of aromatic nitrogens is 2. The number of aromatic amines is 1. The molecule has 2 heterocycles. The number of nitrogens with zero attached hydrogens (tertiary/aromatic N) is 1. The fourth-order valence-corrected chi connectivity index (χ4v) is 3.23. The number of pyridine rings is 2. The predicted molar refractivity (Wildman–Crippen MR) is 108 cm³/mol. The molecule has 0 atom stereocenters. The number of rotatable bonds is 3. The summed E-state index contributed by atoms with van der Waals surface area (Å²) in [5.74, 6) is -0.177. The van der Waals surface area contributed by atoms with Crippen LogP contribution in [0.1, 0.15) is 15.9 Å². The summed E-state index contributed by atoms with van der Waals surface area (Å²) in [4.78, 5) is 31.8. The minimum atomic E-state index is -0.276. The summed E-state index contributed by atoms with van der Waals surface area (Å²) in [7, 11) is 0. The van der Waals surface area contributed by atoms with Crippen molar-refractivity contribution in [2.24, 2.45) is 0 Å². The Bertz CT molecular complexity index is 1230. The summed E-state index contributed by atoms with van der Waals surface area (Å²) < 4.78 is 0. The molecule has 0 saturated carbocycles. The van der Waals surface area contributed by atoms with Gasteiger partial charge in [-0.15, -0.1) is 0 Å². The van der Waals surface area contributed by atoms with Crippen molar-refractivity contribution in [2.75, 3.05) is 0 Å². The zero-order valence-corrected chi connectivity index (χ0v) is 15.4. The standard InChI is InChI=1S/C21H12Cl2N2O2/c22-15-6-4-12(5-7-15)20(27)14-9-18-17(13-2-1-3-16(23)8-13)10-19(26)25-21(18)24-11-14/h1-11H,(H,24,25,26). The van der Waals surface area contributed by atoms with Crippen LogP contribution in [0.25, 0.3) is 22.2 Å². The Morgan fingerprint density at radius 1 is 0.889 bits per heavy atom. The second kappa shape index (κ2) is 6.99. The minimum Gasteiger partial charge on any atom is -0.307 e. The van der Waals surface area contributed by atoms with Gasteiger partial charge in [0.1, 0.15) is 5.65 Å². The number of carbonyl (C=O) groups excluding carboxylic acids is 1. The van der Waals surface area contributed by atoms with Crippen LogP contribution in [0.5, 0.6) is 0 Å². The highest BCUT2D eigenvalue weighted by Crippen LogP contribution is 2.28. The highest BCUT2D eigenvalue weighted by Gasteiger charge is 2.14. The first-order valence-electron chi connectivity index (χ1n) is 8.10. The Morgan fingerprint density at radius 2 is 1.67 bits per heavy atom. The first-order chi connectivity index (χ1) is 13.0. The summed E-state index contributed by atoms with van der Waals surface area (Å²) in [5.41, 5.74) is 2.49. The maximum absolute atomic E-state index is 12.8. The number of benzene rings is 2. The molecule has 0 amide bonds. The van der Waals surface area contributed by atoms with E-state index in [0.29, 0.717) is 37.8 Å². The maximum Gasteiger partial charge on any atom is 0.250 e. The molecule has 0 aliphatic rings. The fourth-order valence-electron chi connectivity index (χ4n) is 2.92. The first kappa shape index (κ1) is 17.5. The number of halogens is 2. The van der Waals surface area contributed by atoms with Crippen LogP contribution in [0.4, 0.5) is 0 Å². The number of nitrogens with one attached hydrogen (secondary N) is 1. The molecule has 2 aromatic carbocycles. The van der Waals surface area contributed by atoms with Gasteiger partial charge in [0.15, 0.2) is 5.78 Å². The molecule has 1 N–H and O–H groups in total. The lowest BCUT2D eigenvalue weighted by atomic mass is 9.99. The monoisotopic (exact) mass is 394 g/mol. The summed E-state index contributed by atoms with van der Waals surface area (Å²) in [6, 6.07) is 17.1. The third-order valence-electron chi connectivity index (χ3n) is 4.20. The molecule has 4 aromatic rings. The average Bonchev–Trinajstić information content (AvgIpc) is 2.67. The van der Waals surface area contributed by atoms with E-state index in [4.69, 9.17) is 23.2 Å². The molecule has 27 heavy (non-hydrogen) atoms. The Kier molecular flexibility index (Phi) is 4.52. The molecule has 4 nitrogen and oxygen atoms in total. The topological polar surface area (TPSA) is 62.8 Å². The summed E-state index contributed by atoms with van der Waals surface area (Å²) in [6.45, 7) is 0. The highest BCUT2D eigenvalue weighted by molar-refractivity contribution is 6.31. The number of hydrogen-bond acceptors (Lipinski definition) is 3. The Labute approximate surface area is 164 Å². The number of ketones is 1. The summed E-state index contributed by atoms with van der Waals surface area (Å²) in [5, 5.41) is 1.78. The number of carbonyl (C=O) groups is 1. The van der Waals surface area contributed by atoms with E-state index < -0.39 is 0 Å². The van der Waals surface area contributed by atoms with E-state index in [0.717, 1.165) is 5.56 Å². The fraction of sp³-hybridized carbons (Fsp3) is 0. The quantitative estimate of drug-likeness (QED) is 0.490. The van der Waals surface area contributed by atoms with Crippen LogP contribution in [0.2, 0.25) is 10.0 Å². The van der Waals surface area contributed by atoms with Crippen LogP contribution in [0.15, 0.2) is 71.7 Å². The zero-order chi connectivity index (χ0) is 19.0. The minimum absolute atomic E-state index is 0.177. The molecule has 2 aromatic heterocycles. The van der Waals surface area contributed by atoms with Crippen molar-refractivity contribution in [2.45, 2.75) is 0 Å². The van der Waals surface area contributed by atoms with Crippen LogP contribution in [-0.2, 0) is 0 Å². The van der Waals surface area contributed by atoms with Crippen LogP contribution in [0.3, 0.4) is 0 Å². The highest BCUT2D eigenvalue weighted by atomic mass is 35.5. The average molecular weight is 395 g/mol. The lowest BCUT2D eigenvalue weighted by Gasteiger charge is -2.08. The van der Waals surface area contributed by atoms with Gasteiger partial charge in [-0.05, 0) is 53.6 Å². The van der Waals surface area contributed by atoms with E-state index >= 15 is 0 Å². The Balaban J connectivity index is 1.89. The molecule has 0 aliphatic heterocycles. The normalized spacial score (nSPS) is 10.9. The van der Waals surface area contributed by atoms with Gasteiger partial charge in [0.05, 0.1) is 0 Å². The number of H-pyrrole nitrogens is 1. The lowest BCUT2D eigenvalue weighted by molar-refractivity contribution is 0.103. The van der Waals surface area contributed by atoms with E-state index in [2.05, 4.69) is 9.97 Å². The van der Waals surface area contributed by atoms with Crippen LogP contribution in [0, 0.1) is 0 Å². The van der Waals surface area contributed by atoms with Crippen molar-refractivity contribution in [3.8, 4) is 11.1 Å². The van der Waals surface area contributed by atoms with Gasteiger partial charge in [0, 0.05) is 38.8 Å². The van der Waals surface area contributed by atoms with E-state index in [-0.39, 0.29) is 11.3 Å². The van der Waals surface area contributed by atoms with Gasteiger partial charge in [-0.25, -0.2) is 4.98 Å². The maximum atomic E-state index is 12.8. The third-order valence-corrected chi connectivity index (χ3v) is 4.69. The van der Waals surface area contributed by atoms with Crippen LogP contribution >= 0.6 is 23.2 Å². The molecule has 0 saturated heterocycles. The lowest BCUT2D eigenvalue weighted by Crippen LogP contribution is -2.08. The van der Waals surface area contributed by atoms with Crippen molar-refractivity contribution in [1.82, 2.24) is 9.97 Å². The van der Waals surface area contributed by atoms with Crippen molar-refractivity contribution < 1.29 is 4.79 Å². The first-order valence-corrected chi connectivity index (χ1v) is 8.86. The Hall–Kier alpha value is -2.95. The molecular formula is C21H12Cl2N2O2. The van der Waals surface area contributed by atoms with Crippen molar-refractivity contribution in [3.63, 3.8) is 0 Å². The second-order valence-electron chi connectivity index (χ2n) is 6.01. The van der Waals surface area contributed by atoms with Crippen LogP contribution < -0.4 is 5.56 Å². The molecule has 132 valence electrons. The van der Waals surface area contributed by atoms with Gasteiger partial charge in [-0.1, -0.05) is 35.3 Å². The largest absolute Gasteiger partial charge is 0.307 e. The molecule has 6 heteroatoms. The van der Waals surface area contributed by atoms with E-state index in [9.17, 15) is 9.59 Å². The van der Waals surface area contributed by atoms with Gasteiger partial charge < -0.3 is 4.98 Å². The molecule has 0 unspecified atom stereocenters. The molecule has 0 bridgehead atoms. The second-order valence-corrected chi connectivity index (χ2v) is 6.89. The van der Waals surface area contributed by atoms with E-state index in [1.54, 1.807) is 48.5 Å². The molecule has 0 radical (unpaired) electrons. The Morgan fingerprint density at radius 3 is 2.41 bits per heavy atom. The van der Waals surface area contributed by atoms with Gasteiger partial charge in [-0.3, -0.25) is 9.59 Å².